The lowest BCUT2D eigenvalue weighted by Crippen LogP contribution is -2.22. The summed E-state index contributed by atoms with van der Waals surface area (Å²) in [6.07, 6.45) is 2.84. The Kier molecular flexibility index (Phi) is 6.16. The average Bonchev–Trinajstić information content (AvgIpc) is 3.16. The third-order valence-corrected chi connectivity index (χ3v) is 4.73. The van der Waals surface area contributed by atoms with Crippen molar-refractivity contribution in [1.29, 1.82) is 0 Å². The number of hydrogen-bond acceptors (Lipinski definition) is 5. The SMILES string of the molecule is CC(=O)N(c1ccccc1)c1nc(/C=C/C(=O)Nc2ccccc2C(N)=O)cs1. The Morgan fingerprint density at radius 1 is 1.07 bits per heavy atom. The Morgan fingerprint density at radius 3 is 2.45 bits per heavy atom. The molecular weight excluding hydrogens is 388 g/mol. The summed E-state index contributed by atoms with van der Waals surface area (Å²) in [5.41, 5.74) is 7.12. The van der Waals surface area contributed by atoms with Gasteiger partial charge in [0.15, 0.2) is 5.13 Å². The molecule has 1 heterocycles. The summed E-state index contributed by atoms with van der Waals surface area (Å²) in [4.78, 5) is 41.6. The summed E-state index contributed by atoms with van der Waals surface area (Å²) in [6.45, 7) is 1.47. The van der Waals surface area contributed by atoms with Gasteiger partial charge in [-0.25, -0.2) is 4.98 Å². The first-order valence-electron chi connectivity index (χ1n) is 8.65. The number of rotatable bonds is 6. The highest BCUT2D eigenvalue weighted by Crippen LogP contribution is 2.29. The normalized spacial score (nSPS) is 10.7. The first-order chi connectivity index (χ1) is 14.0. The molecule has 0 fully saturated rings. The molecule has 3 N–H and O–H groups in total. The first kappa shape index (κ1) is 20.0. The van der Waals surface area contributed by atoms with Gasteiger partial charge in [-0.1, -0.05) is 30.3 Å². The molecule has 3 amide bonds. The van der Waals surface area contributed by atoms with Crippen molar-refractivity contribution in [2.24, 2.45) is 5.73 Å². The number of nitrogens with zero attached hydrogens (tertiary/aromatic N) is 2. The minimum absolute atomic E-state index is 0.165. The average molecular weight is 406 g/mol. The van der Waals surface area contributed by atoms with Gasteiger partial charge in [-0.3, -0.25) is 19.3 Å². The highest BCUT2D eigenvalue weighted by Gasteiger charge is 2.17. The molecule has 0 radical (unpaired) electrons. The molecule has 0 aliphatic rings. The summed E-state index contributed by atoms with van der Waals surface area (Å²) in [5.74, 6) is -1.22. The minimum atomic E-state index is -0.626. The second-order valence-electron chi connectivity index (χ2n) is 5.98. The van der Waals surface area contributed by atoms with Gasteiger partial charge in [-0.15, -0.1) is 11.3 Å². The lowest BCUT2D eigenvalue weighted by Gasteiger charge is -2.17. The molecule has 29 heavy (non-hydrogen) atoms. The van der Waals surface area contributed by atoms with E-state index in [9.17, 15) is 14.4 Å². The summed E-state index contributed by atoms with van der Waals surface area (Å²) < 4.78 is 0. The van der Waals surface area contributed by atoms with Crippen molar-refractivity contribution in [1.82, 2.24) is 4.98 Å². The zero-order valence-electron chi connectivity index (χ0n) is 15.5. The quantitative estimate of drug-likeness (QED) is 0.610. The van der Waals surface area contributed by atoms with E-state index >= 15 is 0 Å². The van der Waals surface area contributed by atoms with Crippen LogP contribution < -0.4 is 16.0 Å². The van der Waals surface area contributed by atoms with Crippen molar-refractivity contribution in [3.8, 4) is 0 Å². The standard InChI is InChI=1S/C21H18N4O3S/c1-14(26)25(16-7-3-2-4-8-16)21-23-15(13-29-21)11-12-19(27)24-18-10-6-5-9-17(18)20(22)28/h2-13H,1H3,(H2,22,28)(H,24,27)/b12-11+. The van der Waals surface area contributed by atoms with Gasteiger partial charge in [0, 0.05) is 18.4 Å². The number of nitrogens with one attached hydrogen (secondary N) is 1. The molecular formula is C21H18N4O3S. The van der Waals surface area contributed by atoms with Crippen LogP contribution in [0.3, 0.4) is 0 Å². The molecule has 2 aromatic carbocycles. The van der Waals surface area contributed by atoms with Gasteiger partial charge in [0.25, 0.3) is 5.91 Å². The smallest absolute Gasteiger partial charge is 0.250 e. The fourth-order valence-corrected chi connectivity index (χ4v) is 3.46. The van der Waals surface area contributed by atoms with E-state index in [1.165, 1.54) is 41.4 Å². The van der Waals surface area contributed by atoms with Crippen molar-refractivity contribution >= 4 is 51.6 Å². The molecule has 0 saturated carbocycles. The number of aromatic nitrogens is 1. The molecule has 0 unspecified atom stereocenters. The molecule has 146 valence electrons. The Labute approximate surface area is 171 Å². The third kappa shape index (κ3) is 4.94. The number of benzene rings is 2. The zero-order valence-corrected chi connectivity index (χ0v) is 16.3. The van der Waals surface area contributed by atoms with Crippen LogP contribution in [0, 0.1) is 0 Å². The van der Waals surface area contributed by atoms with Gasteiger partial charge in [0.1, 0.15) is 0 Å². The predicted molar refractivity (Wildman–Crippen MR) is 114 cm³/mol. The van der Waals surface area contributed by atoms with Gasteiger partial charge in [0.05, 0.1) is 22.6 Å². The van der Waals surface area contributed by atoms with Crippen molar-refractivity contribution in [2.45, 2.75) is 6.92 Å². The summed E-state index contributed by atoms with van der Waals surface area (Å²) in [7, 11) is 0. The Hall–Kier alpha value is -3.78. The van der Waals surface area contributed by atoms with Gasteiger partial charge in [0.2, 0.25) is 11.8 Å². The van der Waals surface area contributed by atoms with Crippen LogP contribution in [-0.2, 0) is 9.59 Å². The van der Waals surface area contributed by atoms with E-state index in [-0.39, 0.29) is 11.5 Å². The highest BCUT2D eigenvalue weighted by atomic mass is 32.1. The van der Waals surface area contributed by atoms with Crippen LogP contribution >= 0.6 is 11.3 Å². The largest absolute Gasteiger partial charge is 0.366 e. The van der Waals surface area contributed by atoms with Crippen molar-refractivity contribution < 1.29 is 14.4 Å². The first-order valence-corrected chi connectivity index (χ1v) is 9.53. The number of primary amides is 1. The fraction of sp³-hybridized carbons (Fsp3) is 0.0476. The van der Waals surface area contributed by atoms with Crippen LogP contribution in [0.2, 0.25) is 0 Å². The number of para-hydroxylation sites is 2. The Bertz CT molecular complexity index is 1080. The van der Waals surface area contributed by atoms with E-state index in [0.29, 0.717) is 22.2 Å². The zero-order chi connectivity index (χ0) is 20.8. The second kappa shape index (κ2) is 8.94. The summed E-state index contributed by atoms with van der Waals surface area (Å²) in [5, 5.41) is 4.87. The van der Waals surface area contributed by atoms with Crippen molar-refractivity contribution in [2.75, 3.05) is 10.2 Å². The monoisotopic (exact) mass is 406 g/mol. The highest BCUT2D eigenvalue weighted by molar-refractivity contribution is 7.14. The van der Waals surface area contributed by atoms with Gasteiger partial charge >= 0.3 is 0 Å². The second-order valence-corrected chi connectivity index (χ2v) is 6.81. The molecule has 0 atom stereocenters. The van der Waals surface area contributed by atoms with Crippen molar-refractivity contribution in [3.63, 3.8) is 0 Å². The van der Waals surface area contributed by atoms with E-state index in [0.717, 1.165) is 0 Å². The van der Waals surface area contributed by atoms with Crippen LogP contribution in [0.25, 0.3) is 6.08 Å². The lowest BCUT2D eigenvalue weighted by atomic mass is 10.1. The number of thiazole rings is 1. The molecule has 3 rings (SSSR count). The van der Waals surface area contributed by atoms with Gasteiger partial charge in [-0.2, -0.15) is 0 Å². The number of anilines is 3. The molecule has 8 heteroatoms. The predicted octanol–water partition coefficient (Wildman–Crippen LogP) is 3.58. The molecule has 0 aliphatic carbocycles. The van der Waals surface area contributed by atoms with Crippen LogP contribution in [0.15, 0.2) is 66.1 Å². The summed E-state index contributed by atoms with van der Waals surface area (Å²) in [6, 6.07) is 15.7. The molecule has 0 spiro atoms. The van der Waals surface area contributed by atoms with Crippen LogP contribution in [0.5, 0.6) is 0 Å². The molecule has 0 bridgehead atoms. The molecule has 7 nitrogen and oxygen atoms in total. The van der Waals surface area contributed by atoms with Crippen LogP contribution in [-0.4, -0.2) is 22.7 Å². The maximum absolute atomic E-state index is 12.2. The topological polar surface area (TPSA) is 105 Å². The molecule has 0 saturated heterocycles. The maximum Gasteiger partial charge on any atom is 0.250 e. The summed E-state index contributed by atoms with van der Waals surface area (Å²) >= 11 is 1.29. The minimum Gasteiger partial charge on any atom is -0.366 e. The Morgan fingerprint density at radius 2 is 1.76 bits per heavy atom. The third-order valence-electron chi connectivity index (χ3n) is 3.89. The number of amides is 3. The van der Waals surface area contributed by atoms with E-state index < -0.39 is 11.8 Å². The van der Waals surface area contributed by atoms with Crippen LogP contribution in [0.4, 0.5) is 16.5 Å². The molecule has 3 aromatic rings. The number of carbonyl (C=O) groups excluding carboxylic acids is 3. The maximum atomic E-state index is 12.2. The molecule has 1 aromatic heterocycles. The van der Waals surface area contributed by atoms with Gasteiger partial charge < -0.3 is 11.1 Å². The fourth-order valence-electron chi connectivity index (χ4n) is 2.60. The number of hydrogen-bond donors (Lipinski definition) is 2. The van der Waals surface area contributed by atoms with Crippen molar-refractivity contribution in [3.05, 3.63) is 77.3 Å². The number of carbonyl (C=O) groups is 3. The van der Waals surface area contributed by atoms with Crippen LogP contribution in [0.1, 0.15) is 23.0 Å². The lowest BCUT2D eigenvalue weighted by molar-refractivity contribution is -0.116. The molecule has 0 aliphatic heterocycles. The Balaban J connectivity index is 1.74. The number of nitrogens with two attached hydrogens (primary N) is 1. The van der Waals surface area contributed by atoms with Gasteiger partial charge in [-0.05, 0) is 30.3 Å². The van der Waals surface area contributed by atoms with E-state index in [1.54, 1.807) is 23.6 Å². The van der Waals surface area contributed by atoms with E-state index in [1.807, 2.05) is 30.3 Å². The van der Waals surface area contributed by atoms with E-state index in [4.69, 9.17) is 5.73 Å². The van der Waals surface area contributed by atoms with E-state index in [2.05, 4.69) is 10.3 Å².